The standard InChI is InChI=1S/C15H20BrFN4/c1-4-21-14(15(16)10(3)20-21)8-13(19-18)11-5-9(2)6-12(17)7-11/h5-7,13,19H,4,8,18H2,1-3H3. The lowest BCUT2D eigenvalue weighted by Gasteiger charge is -2.18. The molecule has 114 valence electrons. The number of hydrazine groups is 1. The fourth-order valence-corrected chi connectivity index (χ4v) is 2.94. The fourth-order valence-electron chi connectivity index (χ4n) is 2.50. The molecule has 2 rings (SSSR count). The van der Waals surface area contributed by atoms with Gasteiger partial charge in [-0.1, -0.05) is 6.07 Å². The van der Waals surface area contributed by atoms with Crippen molar-refractivity contribution in [1.29, 1.82) is 0 Å². The van der Waals surface area contributed by atoms with E-state index in [4.69, 9.17) is 5.84 Å². The monoisotopic (exact) mass is 354 g/mol. The molecule has 2 aromatic rings. The predicted octanol–water partition coefficient (Wildman–Crippen LogP) is 3.17. The largest absolute Gasteiger partial charge is 0.271 e. The minimum Gasteiger partial charge on any atom is -0.271 e. The molecule has 0 saturated carbocycles. The van der Waals surface area contributed by atoms with E-state index in [0.29, 0.717) is 6.42 Å². The lowest BCUT2D eigenvalue weighted by molar-refractivity contribution is 0.512. The summed E-state index contributed by atoms with van der Waals surface area (Å²) in [6.07, 6.45) is 0.634. The van der Waals surface area contributed by atoms with Crippen LogP contribution in [0, 0.1) is 19.7 Å². The summed E-state index contributed by atoms with van der Waals surface area (Å²) in [6.45, 7) is 6.65. The Morgan fingerprint density at radius 1 is 1.38 bits per heavy atom. The number of nitrogens with one attached hydrogen (secondary N) is 1. The van der Waals surface area contributed by atoms with Crippen LogP contribution in [0.3, 0.4) is 0 Å². The van der Waals surface area contributed by atoms with Crippen molar-refractivity contribution >= 4 is 15.9 Å². The molecule has 21 heavy (non-hydrogen) atoms. The summed E-state index contributed by atoms with van der Waals surface area (Å²) in [7, 11) is 0. The molecule has 1 heterocycles. The zero-order chi connectivity index (χ0) is 15.6. The highest BCUT2D eigenvalue weighted by atomic mass is 79.9. The molecule has 0 aliphatic carbocycles. The lowest BCUT2D eigenvalue weighted by Crippen LogP contribution is -2.30. The van der Waals surface area contributed by atoms with Crippen LogP contribution in [-0.2, 0) is 13.0 Å². The number of aryl methyl sites for hydroxylation is 3. The first-order valence-corrected chi connectivity index (χ1v) is 7.70. The van der Waals surface area contributed by atoms with E-state index in [0.717, 1.165) is 33.5 Å². The molecule has 0 fully saturated rings. The minimum absolute atomic E-state index is 0.169. The van der Waals surface area contributed by atoms with Crippen molar-refractivity contribution in [3.63, 3.8) is 0 Å². The van der Waals surface area contributed by atoms with Crippen molar-refractivity contribution in [2.24, 2.45) is 5.84 Å². The van der Waals surface area contributed by atoms with E-state index in [1.54, 1.807) is 0 Å². The first-order valence-electron chi connectivity index (χ1n) is 6.91. The van der Waals surface area contributed by atoms with Crippen LogP contribution in [0.4, 0.5) is 4.39 Å². The first-order chi connectivity index (χ1) is 9.96. The Balaban J connectivity index is 2.35. The quantitative estimate of drug-likeness (QED) is 0.640. The smallest absolute Gasteiger partial charge is 0.123 e. The Labute approximate surface area is 132 Å². The number of rotatable bonds is 5. The van der Waals surface area contributed by atoms with Gasteiger partial charge in [-0.2, -0.15) is 5.10 Å². The predicted molar refractivity (Wildman–Crippen MR) is 85.2 cm³/mol. The van der Waals surface area contributed by atoms with Crippen LogP contribution in [-0.4, -0.2) is 9.78 Å². The van der Waals surface area contributed by atoms with Crippen molar-refractivity contribution in [2.75, 3.05) is 0 Å². The summed E-state index contributed by atoms with van der Waals surface area (Å²) in [5, 5.41) is 4.47. The molecule has 4 nitrogen and oxygen atoms in total. The molecule has 1 aromatic carbocycles. The highest BCUT2D eigenvalue weighted by molar-refractivity contribution is 9.10. The molecule has 1 atom stereocenters. The van der Waals surface area contributed by atoms with E-state index in [2.05, 4.69) is 26.5 Å². The summed E-state index contributed by atoms with van der Waals surface area (Å²) in [6, 6.07) is 4.80. The third kappa shape index (κ3) is 3.51. The molecule has 0 aliphatic heterocycles. The SMILES string of the molecule is CCn1nc(C)c(Br)c1CC(NN)c1cc(C)cc(F)c1. The molecule has 1 aromatic heterocycles. The van der Waals surface area contributed by atoms with Gasteiger partial charge >= 0.3 is 0 Å². The maximum absolute atomic E-state index is 13.6. The van der Waals surface area contributed by atoms with E-state index in [1.807, 2.05) is 31.5 Å². The number of hydrogen-bond acceptors (Lipinski definition) is 3. The number of nitrogens with two attached hydrogens (primary N) is 1. The van der Waals surface area contributed by atoms with Crippen LogP contribution in [0.5, 0.6) is 0 Å². The van der Waals surface area contributed by atoms with Gasteiger partial charge in [-0.3, -0.25) is 16.0 Å². The van der Waals surface area contributed by atoms with E-state index < -0.39 is 0 Å². The average Bonchev–Trinajstić information content (AvgIpc) is 2.70. The third-order valence-electron chi connectivity index (χ3n) is 3.52. The number of aromatic nitrogens is 2. The highest BCUT2D eigenvalue weighted by Gasteiger charge is 2.19. The Morgan fingerprint density at radius 3 is 2.67 bits per heavy atom. The third-order valence-corrected chi connectivity index (χ3v) is 4.55. The van der Waals surface area contributed by atoms with Gasteiger partial charge in [0.05, 0.1) is 21.9 Å². The molecular weight excluding hydrogens is 335 g/mol. The molecule has 0 saturated heterocycles. The van der Waals surface area contributed by atoms with Crippen LogP contribution >= 0.6 is 15.9 Å². The molecule has 0 radical (unpaired) electrons. The van der Waals surface area contributed by atoms with Crippen molar-refractivity contribution in [3.05, 3.63) is 51.0 Å². The maximum atomic E-state index is 13.6. The van der Waals surface area contributed by atoms with Crippen molar-refractivity contribution < 1.29 is 4.39 Å². The summed E-state index contributed by atoms with van der Waals surface area (Å²) in [5.74, 6) is 5.44. The van der Waals surface area contributed by atoms with Crippen molar-refractivity contribution in [3.8, 4) is 0 Å². The van der Waals surface area contributed by atoms with Crippen molar-refractivity contribution in [1.82, 2.24) is 15.2 Å². The van der Waals surface area contributed by atoms with Crippen LogP contribution in [0.15, 0.2) is 22.7 Å². The highest BCUT2D eigenvalue weighted by Crippen LogP contribution is 2.27. The molecule has 6 heteroatoms. The Kier molecular flexibility index (Phi) is 5.13. The number of nitrogens with zero attached hydrogens (tertiary/aromatic N) is 2. The van der Waals surface area contributed by atoms with Gasteiger partial charge in [-0.15, -0.1) is 0 Å². The lowest BCUT2D eigenvalue weighted by atomic mass is 10.0. The Morgan fingerprint density at radius 2 is 2.10 bits per heavy atom. The molecule has 0 bridgehead atoms. The number of halogens is 2. The van der Waals surface area contributed by atoms with Gasteiger partial charge in [-0.25, -0.2) is 4.39 Å². The van der Waals surface area contributed by atoms with Crippen molar-refractivity contribution in [2.45, 2.75) is 39.8 Å². The van der Waals surface area contributed by atoms with Crippen LogP contribution in [0.25, 0.3) is 0 Å². The molecule has 0 spiro atoms. The van der Waals surface area contributed by atoms with E-state index in [-0.39, 0.29) is 11.9 Å². The molecule has 3 N–H and O–H groups in total. The van der Waals surface area contributed by atoms with Crippen LogP contribution in [0.2, 0.25) is 0 Å². The zero-order valence-corrected chi connectivity index (χ0v) is 14.0. The van der Waals surface area contributed by atoms with Gasteiger partial charge in [-0.05, 0) is 60.0 Å². The van der Waals surface area contributed by atoms with E-state index >= 15 is 0 Å². The van der Waals surface area contributed by atoms with Gasteiger partial charge in [0.25, 0.3) is 0 Å². The first kappa shape index (κ1) is 16.1. The van der Waals surface area contributed by atoms with Gasteiger partial charge in [0.2, 0.25) is 0 Å². The van der Waals surface area contributed by atoms with E-state index in [1.165, 1.54) is 12.1 Å². The van der Waals surface area contributed by atoms with Gasteiger partial charge in [0.1, 0.15) is 5.82 Å². The normalized spacial score (nSPS) is 12.7. The van der Waals surface area contributed by atoms with Gasteiger partial charge < -0.3 is 0 Å². The fraction of sp³-hybridized carbons (Fsp3) is 0.400. The average molecular weight is 355 g/mol. The Bertz CT molecular complexity index is 619. The summed E-state index contributed by atoms with van der Waals surface area (Å²) in [5.41, 5.74) is 6.49. The second-order valence-corrected chi connectivity index (χ2v) is 5.94. The topological polar surface area (TPSA) is 55.9 Å². The van der Waals surface area contributed by atoms with Gasteiger partial charge in [0.15, 0.2) is 0 Å². The molecule has 0 amide bonds. The van der Waals surface area contributed by atoms with Crippen LogP contribution < -0.4 is 11.3 Å². The van der Waals surface area contributed by atoms with Crippen LogP contribution in [0.1, 0.15) is 35.5 Å². The Hall–Kier alpha value is -1.24. The second kappa shape index (κ2) is 6.68. The second-order valence-electron chi connectivity index (χ2n) is 5.15. The maximum Gasteiger partial charge on any atom is 0.123 e. The summed E-state index contributed by atoms with van der Waals surface area (Å²) in [4.78, 5) is 0. The van der Waals surface area contributed by atoms with E-state index in [9.17, 15) is 4.39 Å². The van der Waals surface area contributed by atoms with Gasteiger partial charge in [0, 0.05) is 13.0 Å². The summed E-state index contributed by atoms with van der Waals surface area (Å²) < 4.78 is 16.5. The number of benzene rings is 1. The zero-order valence-electron chi connectivity index (χ0n) is 12.5. The number of hydrogen-bond donors (Lipinski definition) is 2. The minimum atomic E-state index is -0.246. The summed E-state index contributed by atoms with van der Waals surface area (Å²) >= 11 is 3.58. The molecular formula is C15H20BrFN4. The molecule has 0 aliphatic rings. The molecule has 1 unspecified atom stereocenters.